The Bertz CT molecular complexity index is 979. The first-order valence-electron chi connectivity index (χ1n) is 7.63. The molecule has 0 spiro atoms. The van der Waals surface area contributed by atoms with E-state index in [0.717, 1.165) is 16.9 Å². The average molecular weight is 332 g/mol. The van der Waals surface area contributed by atoms with E-state index in [1.165, 1.54) is 10.8 Å². The van der Waals surface area contributed by atoms with E-state index in [4.69, 9.17) is 4.74 Å². The van der Waals surface area contributed by atoms with Gasteiger partial charge in [-0.25, -0.2) is 4.79 Å². The van der Waals surface area contributed by atoms with E-state index >= 15 is 0 Å². The lowest BCUT2D eigenvalue weighted by Gasteiger charge is -2.09. The predicted octanol–water partition coefficient (Wildman–Crippen LogP) is 3.94. The molecule has 2 aromatic carbocycles. The van der Waals surface area contributed by atoms with Gasteiger partial charge in [-0.2, -0.15) is 5.26 Å². The summed E-state index contributed by atoms with van der Waals surface area (Å²) >= 11 is 0. The third-order valence-corrected chi connectivity index (χ3v) is 4.10. The molecule has 0 aliphatic rings. The standard InChI is InChI=1S/C20H16N2O3/c1-22-12-15(11-21)18(19(22)20(23)24)14-9-7-13(8-10-14)16-5-3-4-6-17(16)25-2/h3-10,12H,1-2H3,(H,23,24). The van der Waals surface area contributed by atoms with E-state index in [9.17, 15) is 15.2 Å². The van der Waals surface area contributed by atoms with Gasteiger partial charge in [0.15, 0.2) is 0 Å². The van der Waals surface area contributed by atoms with Crippen LogP contribution in [0.4, 0.5) is 0 Å². The average Bonchev–Trinajstić information content (AvgIpc) is 2.98. The van der Waals surface area contributed by atoms with Crippen molar-refractivity contribution in [1.29, 1.82) is 5.26 Å². The number of benzene rings is 2. The molecule has 0 fully saturated rings. The van der Waals surface area contributed by atoms with Crippen LogP contribution in [0.25, 0.3) is 22.3 Å². The van der Waals surface area contributed by atoms with Gasteiger partial charge < -0.3 is 14.4 Å². The summed E-state index contributed by atoms with van der Waals surface area (Å²) in [4.78, 5) is 11.6. The minimum Gasteiger partial charge on any atom is -0.496 e. The number of methoxy groups -OCH3 is 1. The molecule has 5 heteroatoms. The summed E-state index contributed by atoms with van der Waals surface area (Å²) in [6.45, 7) is 0. The quantitative estimate of drug-likeness (QED) is 0.785. The van der Waals surface area contributed by atoms with Crippen molar-refractivity contribution in [3.8, 4) is 34.1 Å². The van der Waals surface area contributed by atoms with Crippen molar-refractivity contribution in [3.63, 3.8) is 0 Å². The van der Waals surface area contributed by atoms with Crippen LogP contribution in [0.2, 0.25) is 0 Å². The lowest BCUT2D eigenvalue weighted by Crippen LogP contribution is -2.05. The number of aromatic nitrogens is 1. The molecule has 0 aliphatic carbocycles. The monoisotopic (exact) mass is 332 g/mol. The Morgan fingerprint density at radius 2 is 1.76 bits per heavy atom. The summed E-state index contributed by atoms with van der Waals surface area (Å²) in [5.41, 5.74) is 3.46. The zero-order valence-electron chi connectivity index (χ0n) is 13.9. The fraction of sp³-hybridized carbons (Fsp3) is 0.100. The van der Waals surface area contributed by atoms with Crippen LogP contribution in [-0.4, -0.2) is 22.8 Å². The van der Waals surface area contributed by atoms with Crippen LogP contribution in [-0.2, 0) is 7.05 Å². The molecule has 1 heterocycles. The number of aryl methyl sites for hydroxylation is 1. The molecule has 124 valence electrons. The molecule has 3 aromatic rings. The van der Waals surface area contributed by atoms with E-state index in [1.54, 1.807) is 14.2 Å². The van der Waals surface area contributed by atoms with Crippen LogP contribution in [0.3, 0.4) is 0 Å². The number of aromatic carboxylic acids is 1. The molecule has 3 rings (SSSR count). The molecule has 0 atom stereocenters. The minimum absolute atomic E-state index is 0.0987. The summed E-state index contributed by atoms with van der Waals surface area (Å²) in [6, 6.07) is 17.2. The van der Waals surface area contributed by atoms with Crippen molar-refractivity contribution in [2.45, 2.75) is 0 Å². The smallest absolute Gasteiger partial charge is 0.353 e. The highest BCUT2D eigenvalue weighted by Crippen LogP contribution is 2.33. The van der Waals surface area contributed by atoms with Gasteiger partial charge in [0, 0.05) is 24.4 Å². The molecule has 0 saturated carbocycles. The highest BCUT2D eigenvalue weighted by Gasteiger charge is 2.21. The molecule has 1 aromatic heterocycles. The van der Waals surface area contributed by atoms with Crippen LogP contribution in [0, 0.1) is 11.3 Å². The molecular formula is C20H16N2O3. The Balaban J connectivity index is 2.11. The first-order chi connectivity index (χ1) is 12.1. The molecule has 5 nitrogen and oxygen atoms in total. The highest BCUT2D eigenvalue weighted by molar-refractivity contribution is 5.97. The summed E-state index contributed by atoms with van der Waals surface area (Å²) in [5.74, 6) is -0.299. The molecule has 0 unspecified atom stereocenters. The number of nitriles is 1. The largest absolute Gasteiger partial charge is 0.496 e. The van der Waals surface area contributed by atoms with E-state index in [2.05, 4.69) is 6.07 Å². The van der Waals surface area contributed by atoms with Gasteiger partial charge in [0.1, 0.15) is 17.5 Å². The van der Waals surface area contributed by atoms with Gasteiger partial charge in [-0.15, -0.1) is 0 Å². The van der Waals surface area contributed by atoms with Crippen molar-refractivity contribution in [1.82, 2.24) is 4.57 Å². The number of carbonyl (C=O) groups is 1. The second kappa shape index (κ2) is 6.54. The first-order valence-corrected chi connectivity index (χ1v) is 7.63. The summed E-state index contributed by atoms with van der Waals surface area (Å²) in [5, 5.41) is 18.8. The number of rotatable bonds is 4. The highest BCUT2D eigenvalue weighted by atomic mass is 16.5. The fourth-order valence-corrected chi connectivity index (χ4v) is 2.96. The zero-order valence-corrected chi connectivity index (χ0v) is 13.9. The van der Waals surface area contributed by atoms with Crippen molar-refractivity contribution in [2.24, 2.45) is 7.05 Å². The van der Waals surface area contributed by atoms with Gasteiger partial charge in [0.25, 0.3) is 0 Å². The second-order valence-corrected chi connectivity index (χ2v) is 5.57. The van der Waals surface area contributed by atoms with Crippen molar-refractivity contribution >= 4 is 5.97 Å². The van der Waals surface area contributed by atoms with Gasteiger partial charge in [-0.3, -0.25) is 0 Å². The van der Waals surface area contributed by atoms with E-state index < -0.39 is 5.97 Å². The van der Waals surface area contributed by atoms with Crippen LogP contribution < -0.4 is 4.74 Å². The number of nitrogens with zero attached hydrogens (tertiary/aromatic N) is 2. The number of hydrogen-bond donors (Lipinski definition) is 1. The third-order valence-electron chi connectivity index (χ3n) is 4.10. The second-order valence-electron chi connectivity index (χ2n) is 5.57. The maximum absolute atomic E-state index is 11.6. The van der Waals surface area contributed by atoms with Crippen molar-refractivity contribution in [3.05, 3.63) is 66.0 Å². The Morgan fingerprint density at radius 1 is 1.12 bits per heavy atom. The van der Waals surface area contributed by atoms with Crippen molar-refractivity contribution < 1.29 is 14.6 Å². The number of para-hydroxylation sites is 1. The minimum atomic E-state index is -1.06. The van der Waals surface area contributed by atoms with E-state index in [-0.39, 0.29) is 5.69 Å². The lowest BCUT2D eigenvalue weighted by molar-refractivity contribution is 0.0687. The molecular weight excluding hydrogens is 316 g/mol. The first kappa shape index (κ1) is 16.3. The maximum Gasteiger partial charge on any atom is 0.353 e. The van der Waals surface area contributed by atoms with Gasteiger partial charge in [0.05, 0.1) is 12.7 Å². The molecule has 0 amide bonds. The molecule has 0 aliphatic heterocycles. The summed E-state index contributed by atoms with van der Waals surface area (Å²) in [7, 11) is 3.24. The number of carboxylic acids is 1. The van der Waals surface area contributed by atoms with Gasteiger partial charge >= 0.3 is 5.97 Å². The number of carboxylic acid groups (broad SMARTS) is 1. The van der Waals surface area contributed by atoms with Gasteiger partial charge in [0.2, 0.25) is 0 Å². The number of ether oxygens (including phenoxy) is 1. The molecule has 1 N–H and O–H groups in total. The third kappa shape index (κ3) is 2.86. The summed E-state index contributed by atoms with van der Waals surface area (Å²) < 4.78 is 6.84. The fourth-order valence-electron chi connectivity index (χ4n) is 2.96. The van der Waals surface area contributed by atoms with Gasteiger partial charge in [-0.05, 0) is 17.2 Å². The van der Waals surface area contributed by atoms with Crippen LogP contribution >= 0.6 is 0 Å². The molecule has 0 saturated heterocycles. The summed E-state index contributed by atoms with van der Waals surface area (Å²) in [6.07, 6.45) is 1.53. The van der Waals surface area contributed by atoms with Crippen molar-refractivity contribution in [2.75, 3.05) is 7.11 Å². The number of hydrogen-bond acceptors (Lipinski definition) is 3. The zero-order chi connectivity index (χ0) is 18.0. The normalized spacial score (nSPS) is 10.3. The Labute approximate surface area is 145 Å². The lowest BCUT2D eigenvalue weighted by atomic mass is 9.98. The maximum atomic E-state index is 11.6. The Morgan fingerprint density at radius 3 is 2.36 bits per heavy atom. The van der Waals surface area contributed by atoms with E-state index in [1.807, 2.05) is 48.5 Å². The molecule has 0 bridgehead atoms. The molecule has 25 heavy (non-hydrogen) atoms. The van der Waals surface area contributed by atoms with Crippen LogP contribution in [0.1, 0.15) is 16.1 Å². The molecule has 0 radical (unpaired) electrons. The Kier molecular flexibility index (Phi) is 4.27. The van der Waals surface area contributed by atoms with E-state index in [0.29, 0.717) is 16.7 Å². The van der Waals surface area contributed by atoms with Crippen LogP contribution in [0.15, 0.2) is 54.7 Å². The van der Waals surface area contributed by atoms with Gasteiger partial charge in [-0.1, -0.05) is 42.5 Å². The topological polar surface area (TPSA) is 75.2 Å². The SMILES string of the molecule is COc1ccccc1-c1ccc(-c2c(C#N)cn(C)c2C(=O)O)cc1. The Hall–Kier alpha value is -3.52. The predicted molar refractivity (Wildman–Crippen MR) is 94.5 cm³/mol. The van der Waals surface area contributed by atoms with Crippen LogP contribution in [0.5, 0.6) is 5.75 Å².